The van der Waals surface area contributed by atoms with Crippen LogP contribution in [-0.2, 0) is 4.74 Å². The van der Waals surface area contributed by atoms with Gasteiger partial charge >= 0.3 is 0 Å². The van der Waals surface area contributed by atoms with Gasteiger partial charge in [-0.15, -0.1) is 10.2 Å². The second-order valence-electron chi connectivity index (χ2n) is 8.84. The van der Waals surface area contributed by atoms with Gasteiger partial charge in [0.15, 0.2) is 11.5 Å². The van der Waals surface area contributed by atoms with Crippen LogP contribution in [0.2, 0.25) is 0 Å². The summed E-state index contributed by atoms with van der Waals surface area (Å²) in [5.74, 6) is 1.44. The highest BCUT2D eigenvalue weighted by Gasteiger charge is 2.25. The third-order valence-corrected chi connectivity index (χ3v) is 6.35. The van der Waals surface area contributed by atoms with Crippen LogP contribution in [-0.4, -0.2) is 63.4 Å². The molecule has 0 spiro atoms. The van der Waals surface area contributed by atoms with E-state index in [0.717, 1.165) is 47.5 Å². The molecule has 0 bridgehead atoms. The van der Waals surface area contributed by atoms with E-state index in [0.29, 0.717) is 12.4 Å². The van der Waals surface area contributed by atoms with Crippen molar-refractivity contribution in [2.75, 3.05) is 26.8 Å². The first-order valence-electron chi connectivity index (χ1n) is 11.4. The number of ether oxygens (including phenoxy) is 2. The van der Waals surface area contributed by atoms with Crippen molar-refractivity contribution in [1.29, 1.82) is 0 Å². The second-order valence-corrected chi connectivity index (χ2v) is 8.84. The van der Waals surface area contributed by atoms with Crippen molar-refractivity contribution >= 4 is 16.6 Å². The van der Waals surface area contributed by atoms with Gasteiger partial charge < -0.3 is 15.2 Å². The lowest BCUT2D eigenvalue weighted by Gasteiger charge is -2.24. The molecule has 1 saturated heterocycles. The van der Waals surface area contributed by atoms with E-state index in [4.69, 9.17) is 20.2 Å². The first-order chi connectivity index (χ1) is 16.0. The average molecular weight is 463 g/mol. The van der Waals surface area contributed by atoms with E-state index in [2.05, 4.69) is 34.3 Å². The Hall–Kier alpha value is -3.07. The number of pyridine rings is 2. The molecule has 4 heterocycles. The molecule has 180 valence electrons. The zero-order chi connectivity index (χ0) is 22.9. The van der Waals surface area contributed by atoms with Crippen LogP contribution < -0.4 is 10.5 Å². The van der Waals surface area contributed by atoms with Gasteiger partial charge in [-0.2, -0.15) is 0 Å². The largest absolute Gasteiger partial charge is 0.486 e. The molecule has 2 N–H and O–H groups in total. The van der Waals surface area contributed by atoms with Crippen molar-refractivity contribution in [1.82, 2.24) is 24.5 Å². The Kier molecular flexibility index (Phi) is 7.11. The molecular formula is C26H34N6O2. The number of hydrogen-bond donors (Lipinski definition) is 1. The summed E-state index contributed by atoms with van der Waals surface area (Å²) in [5, 5.41) is 9.84. The number of likely N-dealkylation sites (tertiary alicyclic amines) is 1. The molecule has 1 aliphatic heterocycles. The summed E-state index contributed by atoms with van der Waals surface area (Å²) in [6, 6.07) is 14.6. The van der Waals surface area contributed by atoms with Gasteiger partial charge in [0.2, 0.25) is 0 Å². The van der Waals surface area contributed by atoms with E-state index >= 15 is 0 Å². The van der Waals surface area contributed by atoms with Crippen LogP contribution in [0, 0.1) is 0 Å². The molecule has 0 unspecified atom stereocenters. The quantitative estimate of drug-likeness (QED) is 0.442. The highest BCUT2D eigenvalue weighted by atomic mass is 16.5. The van der Waals surface area contributed by atoms with Crippen molar-refractivity contribution in [2.24, 2.45) is 5.73 Å². The summed E-state index contributed by atoms with van der Waals surface area (Å²) in [5.41, 5.74) is 9.67. The zero-order valence-corrected chi connectivity index (χ0v) is 19.3. The lowest BCUT2D eigenvalue weighted by atomic mass is 10.1. The number of aromatic nitrogens is 4. The van der Waals surface area contributed by atoms with Gasteiger partial charge in [0, 0.05) is 43.9 Å². The molecule has 8 heteroatoms. The molecule has 34 heavy (non-hydrogen) atoms. The number of benzene rings is 1. The van der Waals surface area contributed by atoms with Crippen LogP contribution in [0.4, 0.5) is 0 Å². The van der Waals surface area contributed by atoms with E-state index in [1.807, 2.05) is 47.7 Å². The minimum absolute atomic E-state index is 0. The molecule has 3 atom stereocenters. The molecule has 8 nitrogen and oxygen atoms in total. The standard InChI is InChI=1S/C25H30N6O2.CH4/c1-16(15-32-3)33-22-6-4-5-18-7-9-21(27-24(18)22)25-29-28-23-10-8-19(13-31(23)25)17(2)30-12-11-20(26)14-30;/h4-10,13,16-17,20H,11-12,14-15,26H2,1-3H3;1H4/t16-,17+,20+;/m1./s1. The molecule has 1 aromatic carbocycles. The molecular weight excluding hydrogens is 428 g/mol. The summed E-state index contributed by atoms with van der Waals surface area (Å²) in [7, 11) is 1.67. The Morgan fingerprint density at radius 3 is 2.74 bits per heavy atom. The highest BCUT2D eigenvalue weighted by Crippen LogP contribution is 2.29. The first-order valence-corrected chi connectivity index (χ1v) is 11.4. The Balaban J connectivity index is 0.00000274. The van der Waals surface area contributed by atoms with Crippen LogP contribution in [0.3, 0.4) is 0 Å². The second kappa shape index (κ2) is 10.0. The van der Waals surface area contributed by atoms with Gasteiger partial charge in [0.1, 0.15) is 23.1 Å². The molecule has 3 aromatic heterocycles. The SMILES string of the molecule is C.COC[C@@H](C)Oc1cccc2ccc(-c3nnc4ccc([C@H](C)N5CC[C@H](N)C5)cn34)nc12. The monoisotopic (exact) mass is 462 g/mol. The molecule has 1 fully saturated rings. The summed E-state index contributed by atoms with van der Waals surface area (Å²) in [6.07, 6.45) is 3.08. The maximum absolute atomic E-state index is 6.13. The average Bonchev–Trinajstić information content (AvgIpc) is 3.44. The molecule has 1 aliphatic rings. The fraction of sp³-hybridized carbons (Fsp3) is 0.423. The summed E-state index contributed by atoms with van der Waals surface area (Å²) < 4.78 is 13.3. The Labute approximate surface area is 200 Å². The normalized spacial score (nSPS) is 18.2. The number of para-hydroxylation sites is 1. The number of nitrogens with two attached hydrogens (primary N) is 1. The topological polar surface area (TPSA) is 90.8 Å². The molecule has 0 radical (unpaired) electrons. The zero-order valence-electron chi connectivity index (χ0n) is 19.3. The minimum atomic E-state index is -0.0808. The van der Waals surface area contributed by atoms with Crippen molar-refractivity contribution in [3.05, 3.63) is 54.2 Å². The highest BCUT2D eigenvalue weighted by molar-refractivity contribution is 5.86. The van der Waals surface area contributed by atoms with Gasteiger partial charge in [-0.25, -0.2) is 4.98 Å². The van der Waals surface area contributed by atoms with E-state index in [-0.39, 0.29) is 25.6 Å². The number of nitrogens with zero attached hydrogens (tertiary/aromatic N) is 5. The van der Waals surface area contributed by atoms with Crippen molar-refractivity contribution in [2.45, 2.75) is 45.9 Å². The molecule has 0 saturated carbocycles. The predicted molar refractivity (Wildman–Crippen MR) is 135 cm³/mol. The number of fused-ring (bicyclic) bond motifs is 2. The van der Waals surface area contributed by atoms with Crippen LogP contribution >= 0.6 is 0 Å². The third-order valence-electron chi connectivity index (χ3n) is 6.35. The molecule has 0 amide bonds. The Morgan fingerprint density at radius 2 is 1.97 bits per heavy atom. The van der Waals surface area contributed by atoms with Gasteiger partial charge in [-0.05, 0) is 44.0 Å². The van der Waals surface area contributed by atoms with Crippen LogP contribution in [0.1, 0.15) is 39.3 Å². The first kappa shape index (κ1) is 24.1. The van der Waals surface area contributed by atoms with E-state index in [9.17, 15) is 0 Å². The van der Waals surface area contributed by atoms with Gasteiger partial charge in [-0.3, -0.25) is 9.30 Å². The van der Waals surface area contributed by atoms with Gasteiger partial charge in [0.05, 0.1) is 6.61 Å². The predicted octanol–water partition coefficient (Wildman–Crippen LogP) is 4.09. The molecule has 4 aromatic rings. The number of hydrogen-bond acceptors (Lipinski definition) is 7. The van der Waals surface area contributed by atoms with Gasteiger partial charge in [0.25, 0.3) is 0 Å². The van der Waals surface area contributed by atoms with Crippen LogP contribution in [0.15, 0.2) is 48.7 Å². The number of rotatable bonds is 7. The lowest BCUT2D eigenvalue weighted by molar-refractivity contribution is 0.0930. The molecule has 5 rings (SSSR count). The summed E-state index contributed by atoms with van der Waals surface area (Å²) in [6.45, 7) is 6.65. The van der Waals surface area contributed by atoms with Crippen molar-refractivity contribution in [3.8, 4) is 17.3 Å². The lowest BCUT2D eigenvalue weighted by Crippen LogP contribution is -2.28. The Bertz CT molecular complexity index is 1270. The van der Waals surface area contributed by atoms with Gasteiger partial charge in [-0.1, -0.05) is 31.7 Å². The summed E-state index contributed by atoms with van der Waals surface area (Å²) in [4.78, 5) is 7.35. The maximum atomic E-state index is 6.13. The van der Waals surface area contributed by atoms with E-state index in [1.54, 1.807) is 7.11 Å². The van der Waals surface area contributed by atoms with E-state index in [1.165, 1.54) is 5.56 Å². The minimum Gasteiger partial charge on any atom is -0.486 e. The molecule has 0 aliphatic carbocycles. The van der Waals surface area contributed by atoms with Crippen LogP contribution in [0.25, 0.3) is 28.1 Å². The van der Waals surface area contributed by atoms with Crippen LogP contribution in [0.5, 0.6) is 5.75 Å². The van der Waals surface area contributed by atoms with E-state index < -0.39 is 0 Å². The fourth-order valence-corrected chi connectivity index (χ4v) is 4.53. The smallest absolute Gasteiger partial charge is 0.187 e. The van der Waals surface area contributed by atoms with Crippen molar-refractivity contribution in [3.63, 3.8) is 0 Å². The third kappa shape index (κ3) is 4.61. The van der Waals surface area contributed by atoms with Crippen molar-refractivity contribution < 1.29 is 9.47 Å². The number of methoxy groups -OCH3 is 1. The Morgan fingerprint density at radius 1 is 1.12 bits per heavy atom. The summed E-state index contributed by atoms with van der Waals surface area (Å²) >= 11 is 0. The fourth-order valence-electron chi connectivity index (χ4n) is 4.53. The maximum Gasteiger partial charge on any atom is 0.187 e.